The maximum absolute atomic E-state index is 12.2. The largest absolute Gasteiger partial charge is 0.497 e. The van der Waals surface area contributed by atoms with Crippen molar-refractivity contribution in [3.8, 4) is 5.75 Å². The van der Waals surface area contributed by atoms with Crippen molar-refractivity contribution in [1.82, 2.24) is 5.32 Å². The predicted octanol–water partition coefficient (Wildman–Crippen LogP) is 0.932. The van der Waals surface area contributed by atoms with E-state index in [1.54, 1.807) is 7.11 Å². The molecule has 2 atom stereocenters. The van der Waals surface area contributed by atoms with Crippen LogP contribution < -0.4 is 10.1 Å². The molecule has 1 N–H and O–H groups in total. The predicted molar refractivity (Wildman–Crippen MR) is 79.6 cm³/mol. The van der Waals surface area contributed by atoms with Crippen LogP contribution in [0.2, 0.25) is 0 Å². The first-order valence-corrected chi connectivity index (χ1v) is 7.23. The van der Waals surface area contributed by atoms with Crippen molar-refractivity contribution in [3.05, 3.63) is 29.8 Å². The zero-order valence-corrected chi connectivity index (χ0v) is 12.8. The Kier molecular flexibility index (Phi) is 5.77. The Morgan fingerprint density at radius 1 is 1.41 bits per heavy atom. The Balaban J connectivity index is 2.05. The molecule has 0 unspecified atom stereocenters. The van der Waals surface area contributed by atoms with Crippen molar-refractivity contribution in [2.75, 3.05) is 27.4 Å². The van der Waals surface area contributed by atoms with Gasteiger partial charge in [0.1, 0.15) is 11.8 Å². The number of amides is 1. The second-order valence-electron chi connectivity index (χ2n) is 5.20. The molecule has 120 valence electrons. The van der Waals surface area contributed by atoms with Gasteiger partial charge in [-0.25, -0.2) is 4.79 Å². The molecular weight excluding hydrogens is 286 g/mol. The summed E-state index contributed by atoms with van der Waals surface area (Å²) in [5.74, 6) is -0.125. The summed E-state index contributed by atoms with van der Waals surface area (Å²) in [6.45, 7) is 0.982. The first kappa shape index (κ1) is 16.3. The van der Waals surface area contributed by atoms with Crippen LogP contribution in [-0.4, -0.2) is 45.4 Å². The smallest absolute Gasteiger partial charge is 0.328 e. The molecule has 0 radical (unpaired) electrons. The number of ether oxygens (including phenoxy) is 3. The lowest BCUT2D eigenvalue weighted by molar-refractivity contribution is -0.145. The van der Waals surface area contributed by atoms with Gasteiger partial charge in [0.2, 0.25) is 5.91 Å². The van der Waals surface area contributed by atoms with Crippen LogP contribution >= 0.6 is 0 Å². The summed E-state index contributed by atoms with van der Waals surface area (Å²) in [5, 5.41) is 2.76. The van der Waals surface area contributed by atoms with Gasteiger partial charge in [-0.1, -0.05) is 12.1 Å². The van der Waals surface area contributed by atoms with Gasteiger partial charge in [0.15, 0.2) is 0 Å². The minimum absolute atomic E-state index is 0.171. The highest BCUT2D eigenvalue weighted by Gasteiger charge is 2.28. The molecule has 0 aromatic heterocycles. The maximum atomic E-state index is 12.2. The van der Waals surface area contributed by atoms with Gasteiger partial charge < -0.3 is 19.5 Å². The summed E-state index contributed by atoms with van der Waals surface area (Å²) in [6, 6.07) is 6.66. The van der Waals surface area contributed by atoms with Crippen molar-refractivity contribution in [2.24, 2.45) is 5.92 Å². The van der Waals surface area contributed by atoms with E-state index in [0.29, 0.717) is 31.8 Å². The second kappa shape index (κ2) is 7.79. The fraction of sp³-hybridized carbons (Fsp3) is 0.500. The number of carbonyl (C=O) groups is 2. The monoisotopic (exact) mass is 307 g/mol. The molecular formula is C16H21NO5. The van der Waals surface area contributed by atoms with Gasteiger partial charge in [-0.2, -0.15) is 0 Å². The van der Waals surface area contributed by atoms with E-state index in [0.717, 1.165) is 5.56 Å². The Morgan fingerprint density at radius 3 is 2.86 bits per heavy atom. The van der Waals surface area contributed by atoms with Crippen LogP contribution in [0.4, 0.5) is 0 Å². The molecule has 6 nitrogen and oxygen atoms in total. The molecule has 0 aliphatic carbocycles. The molecule has 1 aromatic rings. The number of nitrogens with one attached hydrogen (secondary N) is 1. The molecule has 0 saturated carbocycles. The second-order valence-corrected chi connectivity index (χ2v) is 5.20. The number of hydrogen-bond acceptors (Lipinski definition) is 5. The van der Waals surface area contributed by atoms with E-state index in [1.165, 1.54) is 7.11 Å². The highest BCUT2D eigenvalue weighted by Crippen LogP contribution is 2.16. The molecule has 1 aliphatic rings. The molecule has 1 heterocycles. The fourth-order valence-corrected chi connectivity index (χ4v) is 2.40. The molecule has 6 heteroatoms. The highest BCUT2D eigenvalue weighted by atomic mass is 16.5. The van der Waals surface area contributed by atoms with Crippen LogP contribution in [0.3, 0.4) is 0 Å². The van der Waals surface area contributed by atoms with Gasteiger partial charge in [0.25, 0.3) is 0 Å². The van der Waals surface area contributed by atoms with Gasteiger partial charge in [-0.3, -0.25) is 4.79 Å². The van der Waals surface area contributed by atoms with Gasteiger partial charge in [0.05, 0.1) is 26.7 Å². The third-order valence-electron chi connectivity index (χ3n) is 3.68. The Bertz CT molecular complexity index is 525. The standard InChI is InChI=1S/C16H21NO5/c1-20-13-5-3-4-11(8-13)9-14(16(19)21-2)17-15(18)12-6-7-22-10-12/h3-5,8,12,14H,6-7,9-10H2,1-2H3,(H,17,18)/t12-,14-/m1/s1. The number of hydrogen-bond donors (Lipinski definition) is 1. The van der Waals surface area contributed by atoms with E-state index in [2.05, 4.69) is 5.32 Å². The normalized spacial score (nSPS) is 18.5. The van der Waals surface area contributed by atoms with Gasteiger partial charge in [-0.05, 0) is 24.1 Å². The average Bonchev–Trinajstić information content (AvgIpc) is 3.08. The van der Waals surface area contributed by atoms with Gasteiger partial charge in [-0.15, -0.1) is 0 Å². The number of carbonyl (C=O) groups excluding carboxylic acids is 2. The van der Waals surface area contributed by atoms with Crippen molar-refractivity contribution in [1.29, 1.82) is 0 Å². The molecule has 0 spiro atoms. The number of methoxy groups -OCH3 is 2. The van der Waals surface area contributed by atoms with Crippen molar-refractivity contribution in [2.45, 2.75) is 18.9 Å². The third kappa shape index (κ3) is 4.21. The zero-order chi connectivity index (χ0) is 15.9. The fourth-order valence-electron chi connectivity index (χ4n) is 2.40. The molecule has 0 bridgehead atoms. The number of esters is 1. The lowest BCUT2D eigenvalue weighted by Gasteiger charge is -2.18. The summed E-state index contributed by atoms with van der Waals surface area (Å²) in [5.41, 5.74) is 0.887. The van der Waals surface area contributed by atoms with Gasteiger partial charge >= 0.3 is 5.97 Å². The quantitative estimate of drug-likeness (QED) is 0.792. The lowest BCUT2D eigenvalue weighted by Crippen LogP contribution is -2.45. The maximum Gasteiger partial charge on any atom is 0.328 e. The summed E-state index contributed by atoms with van der Waals surface area (Å²) in [7, 11) is 2.89. The third-order valence-corrected chi connectivity index (χ3v) is 3.68. The Morgan fingerprint density at radius 2 is 2.23 bits per heavy atom. The van der Waals surface area contributed by atoms with Crippen LogP contribution in [-0.2, 0) is 25.5 Å². The molecule has 2 rings (SSSR count). The summed E-state index contributed by atoms with van der Waals surface area (Å²) >= 11 is 0. The zero-order valence-electron chi connectivity index (χ0n) is 12.8. The average molecular weight is 307 g/mol. The first-order valence-electron chi connectivity index (χ1n) is 7.23. The van der Waals surface area contributed by atoms with E-state index in [9.17, 15) is 9.59 Å². The minimum Gasteiger partial charge on any atom is -0.497 e. The van der Waals surface area contributed by atoms with Crippen LogP contribution in [0.5, 0.6) is 5.75 Å². The van der Waals surface area contributed by atoms with E-state index < -0.39 is 12.0 Å². The number of rotatable bonds is 6. The molecule has 1 saturated heterocycles. The van der Waals surface area contributed by atoms with Crippen LogP contribution in [0.15, 0.2) is 24.3 Å². The molecule has 1 aliphatic heterocycles. The molecule has 1 fully saturated rings. The van der Waals surface area contributed by atoms with Crippen molar-refractivity contribution < 1.29 is 23.8 Å². The SMILES string of the molecule is COC(=O)[C@@H](Cc1cccc(OC)c1)NC(=O)[C@@H]1CCOC1. The van der Waals surface area contributed by atoms with E-state index in [4.69, 9.17) is 14.2 Å². The summed E-state index contributed by atoms with van der Waals surface area (Å²) in [6.07, 6.45) is 1.03. The Hall–Kier alpha value is -2.08. The van der Waals surface area contributed by atoms with E-state index in [-0.39, 0.29) is 11.8 Å². The molecule has 1 aromatic carbocycles. The summed E-state index contributed by atoms with van der Waals surface area (Å²) < 4.78 is 15.2. The molecule has 22 heavy (non-hydrogen) atoms. The van der Waals surface area contributed by atoms with E-state index in [1.807, 2.05) is 24.3 Å². The summed E-state index contributed by atoms with van der Waals surface area (Å²) in [4.78, 5) is 24.1. The van der Waals surface area contributed by atoms with Crippen LogP contribution in [0.1, 0.15) is 12.0 Å². The number of benzene rings is 1. The van der Waals surface area contributed by atoms with Crippen molar-refractivity contribution in [3.63, 3.8) is 0 Å². The Labute approximate surface area is 129 Å². The first-order chi connectivity index (χ1) is 10.6. The van der Waals surface area contributed by atoms with Gasteiger partial charge in [0, 0.05) is 13.0 Å². The highest BCUT2D eigenvalue weighted by molar-refractivity contribution is 5.86. The topological polar surface area (TPSA) is 73.9 Å². The minimum atomic E-state index is -0.717. The van der Waals surface area contributed by atoms with E-state index >= 15 is 0 Å². The molecule has 1 amide bonds. The lowest BCUT2D eigenvalue weighted by atomic mass is 10.0. The van der Waals surface area contributed by atoms with Crippen molar-refractivity contribution >= 4 is 11.9 Å². The van der Waals surface area contributed by atoms with Crippen LogP contribution in [0.25, 0.3) is 0 Å². The van der Waals surface area contributed by atoms with Crippen LogP contribution in [0, 0.1) is 5.92 Å².